The van der Waals surface area contributed by atoms with E-state index >= 15 is 0 Å². The lowest BCUT2D eigenvalue weighted by Crippen LogP contribution is -2.08. The first kappa shape index (κ1) is 23.0. The Morgan fingerprint density at radius 2 is 1.14 bits per heavy atom. The van der Waals surface area contributed by atoms with E-state index in [-0.39, 0.29) is 13.6 Å². The molecule has 0 saturated carbocycles. The number of hydrogen-bond acceptors (Lipinski definition) is 6. The Hall–Kier alpha value is -1.24. The molecule has 0 radical (unpaired) electrons. The Morgan fingerprint density at radius 1 is 0.750 bits per heavy atom. The molecule has 2 aromatic rings. The average molecular weight is 610 g/mol. The van der Waals surface area contributed by atoms with Gasteiger partial charge in [0, 0.05) is 35.5 Å². The van der Waals surface area contributed by atoms with Gasteiger partial charge in [0.25, 0.3) is 0 Å². The molecule has 28 heavy (non-hydrogen) atoms. The summed E-state index contributed by atoms with van der Waals surface area (Å²) >= 11 is 4.22. The fourth-order valence-corrected chi connectivity index (χ4v) is 4.04. The fourth-order valence-electron chi connectivity index (χ4n) is 2.43. The molecule has 2 aromatic carbocycles. The Bertz CT molecular complexity index is 768. The summed E-state index contributed by atoms with van der Waals surface area (Å²) < 4.78 is 23.8. The minimum atomic E-state index is 0.0690. The third kappa shape index (κ3) is 5.88. The highest BCUT2D eigenvalue weighted by Gasteiger charge is 2.20. The zero-order chi connectivity index (χ0) is 20.5. The molecule has 2 rings (SSSR count). The lowest BCUT2D eigenvalue weighted by molar-refractivity contribution is 0.0209. The monoisotopic (exact) mass is 610 g/mol. The van der Waals surface area contributed by atoms with Crippen LogP contribution in [0.15, 0.2) is 24.3 Å². The molecular weight excluding hydrogens is 590 g/mol. The fraction of sp³-hybridized carbons (Fsp3) is 0.300. The van der Waals surface area contributed by atoms with Crippen LogP contribution in [0.4, 0.5) is 0 Å². The van der Waals surface area contributed by atoms with Crippen molar-refractivity contribution in [1.29, 1.82) is 0 Å². The first-order valence-corrected chi connectivity index (χ1v) is 10.7. The summed E-state index contributed by atoms with van der Waals surface area (Å²) in [5, 5.41) is 0. The largest absolute Gasteiger partial charge is 0.466 e. The molecule has 0 N–H and O–H groups in total. The highest BCUT2D eigenvalue weighted by Crippen LogP contribution is 2.42. The number of aldehydes is 2. The van der Waals surface area contributed by atoms with E-state index in [9.17, 15) is 9.59 Å². The van der Waals surface area contributed by atoms with Crippen LogP contribution < -0.4 is 9.47 Å². The number of carbonyl (C=O) groups is 2. The van der Waals surface area contributed by atoms with Gasteiger partial charge in [-0.3, -0.25) is 9.59 Å². The van der Waals surface area contributed by atoms with E-state index in [2.05, 4.69) is 45.2 Å². The maximum atomic E-state index is 11.4. The van der Waals surface area contributed by atoms with Gasteiger partial charge in [-0.05, 0) is 83.3 Å². The molecule has 150 valence electrons. The van der Waals surface area contributed by atoms with Gasteiger partial charge in [0.15, 0.2) is 13.6 Å². The van der Waals surface area contributed by atoms with Crippen molar-refractivity contribution in [2.24, 2.45) is 0 Å². The van der Waals surface area contributed by atoms with Crippen LogP contribution in [0.1, 0.15) is 34.6 Å². The van der Waals surface area contributed by atoms with Gasteiger partial charge in [-0.2, -0.15) is 0 Å². The number of ether oxygens (including phenoxy) is 4. The Balaban J connectivity index is 2.65. The topological polar surface area (TPSA) is 71.1 Å². The number of benzene rings is 2. The molecule has 0 bridgehead atoms. The second-order valence-electron chi connectivity index (χ2n) is 5.50. The minimum Gasteiger partial charge on any atom is -0.466 e. The third-order valence-corrected chi connectivity index (χ3v) is 5.28. The summed E-state index contributed by atoms with van der Waals surface area (Å²) in [7, 11) is 0. The predicted molar refractivity (Wildman–Crippen MR) is 122 cm³/mol. The zero-order valence-corrected chi connectivity index (χ0v) is 19.8. The summed E-state index contributed by atoms with van der Waals surface area (Å²) in [6, 6.07) is 6.88. The first-order valence-electron chi connectivity index (χ1n) is 8.54. The maximum absolute atomic E-state index is 11.4. The van der Waals surface area contributed by atoms with E-state index in [4.69, 9.17) is 18.9 Å². The Kier molecular flexibility index (Phi) is 9.62. The molecule has 6 nitrogen and oxygen atoms in total. The molecule has 0 saturated heterocycles. The molecule has 0 aliphatic rings. The molecule has 0 spiro atoms. The lowest BCUT2D eigenvalue weighted by atomic mass is 9.99. The second-order valence-corrected chi connectivity index (χ2v) is 7.83. The first-order chi connectivity index (χ1) is 13.5. The highest BCUT2D eigenvalue weighted by molar-refractivity contribution is 14.1. The SMILES string of the molecule is CCOCOc1c(I)cc(C=O)cc1-c1cc(C=O)cc(I)c1OCOCC. The molecule has 0 fully saturated rings. The van der Waals surface area contributed by atoms with E-state index in [0.29, 0.717) is 47.0 Å². The van der Waals surface area contributed by atoms with Gasteiger partial charge in [0.05, 0.1) is 7.14 Å². The van der Waals surface area contributed by atoms with Crippen molar-refractivity contribution in [3.05, 3.63) is 42.5 Å². The molecule has 0 heterocycles. The second kappa shape index (κ2) is 11.7. The molecule has 0 amide bonds. The summed E-state index contributed by atoms with van der Waals surface area (Å²) in [6.45, 7) is 4.92. The van der Waals surface area contributed by atoms with E-state index in [0.717, 1.165) is 19.7 Å². The van der Waals surface area contributed by atoms with Crippen LogP contribution in [0, 0.1) is 7.14 Å². The highest BCUT2D eigenvalue weighted by atomic mass is 127. The number of carbonyl (C=O) groups excluding carboxylic acids is 2. The summed E-state index contributed by atoms with van der Waals surface area (Å²) in [5.74, 6) is 1.11. The van der Waals surface area contributed by atoms with Gasteiger partial charge in [-0.15, -0.1) is 0 Å². The van der Waals surface area contributed by atoms with Gasteiger partial charge in [-0.1, -0.05) is 0 Å². The maximum Gasteiger partial charge on any atom is 0.189 e. The van der Waals surface area contributed by atoms with Crippen LogP contribution in [0.25, 0.3) is 11.1 Å². The van der Waals surface area contributed by atoms with E-state index in [1.165, 1.54) is 0 Å². The summed E-state index contributed by atoms with van der Waals surface area (Å²) in [4.78, 5) is 22.8. The number of hydrogen-bond donors (Lipinski definition) is 0. The summed E-state index contributed by atoms with van der Waals surface area (Å²) in [5.41, 5.74) is 2.26. The van der Waals surface area contributed by atoms with E-state index in [1.54, 1.807) is 24.3 Å². The van der Waals surface area contributed by atoms with Crippen LogP contribution >= 0.6 is 45.2 Å². The van der Waals surface area contributed by atoms with Crippen molar-refractivity contribution in [2.45, 2.75) is 13.8 Å². The Labute approximate surface area is 191 Å². The molecule has 8 heteroatoms. The quantitative estimate of drug-likeness (QED) is 0.156. The van der Waals surface area contributed by atoms with Gasteiger partial charge >= 0.3 is 0 Å². The third-order valence-electron chi connectivity index (χ3n) is 3.68. The zero-order valence-electron chi connectivity index (χ0n) is 15.5. The van der Waals surface area contributed by atoms with Crippen LogP contribution in [0.2, 0.25) is 0 Å². The predicted octanol–water partition coefficient (Wildman–Crippen LogP) is 4.93. The molecule has 0 aliphatic heterocycles. The Morgan fingerprint density at radius 3 is 1.46 bits per heavy atom. The standard InChI is InChI=1S/C20H20I2O6/c1-3-25-11-27-19-15(5-13(9-23)7-17(19)21)16-6-14(10-24)8-18(22)20(16)28-12-26-4-2/h5-10H,3-4,11-12H2,1-2H3. The van der Waals surface area contributed by atoms with Crippen molar-refractivity contribution in [3.63, 3.8) is 0 Å². The average Bonchev–Trinajstić information content (AvgIpc) is 2.69. The summed E-state index contributed by atoms with van der Waals surface area (Å²) in [6.07, 6.45) is 1.54. The van der Waals surface area contributed by atoms with E-state index < -0.39 is 0 Å². The normalized spacial score (nSPS) is 10.6. The number of halogens is 2. The molecule has 0 atom stereocenters. The smallest absolute Gasteiger partial charge is 0.189 e. The van der Waals surface area contributed by atoms with Gasteiger partial charge in [0.2, 0.25) is 0 Å². The van der Waals surface area contributed by atoms with Crippen molar-refractivity contribution in [2.75, 3.05) is 26.8 Å². The molecular formula is C20H20I2O6. The molecule has 0 unspecified atom stereocenters. The van der Waals surface area contributed by atoms with Gasteiger partial charge in [0.1, 0.15) is 24.1 Å². The number of rotatable bonds is 11. The van der Waals surface area contributed by atoms with Gasteiger partial charge in [-0.25, -0.2) is 0 Å². The molecule has 0 aliphatic carbocycles. The van der Waals surface area contributed by atoms with Crippen molar-refractivity contribution < 1.29 is 28.5 Å². The van der Waals surface area contributed by atoms with Gasteiger partial charge < -0.3 is 18.9 Å². The molecule has 0 aromatic heterocycles. The van der Waals surface area contributed by atoms with Crippen molar-refractivity contribution >= 4 is 57.8 Å². The van der Waals surface area contributed by atoms with Crippen LogP contribution in [-0.2, 0) is 9.47 Å². The minimum absolute atomic E-state index is 0.0690. The van der Waals surface area contributed by atoms with Crippen LogP contribution in [-0.4, -0.2) is 39.4 Å². The van der Waals surface area contributed by atoms with Crippen molar-refractivity contribution in [1.82, 2.24) is 0 Å². The van der Waals surface area contributed by atoms with E-state index in [1.807, 2.05) is 13.8 Å². The van der Waals surface area contributed by atoms with Crippen LogP contribution in [0.3, 0.4) is 0 Å². The van der Waals surface area contributed by atoms with Crippen molar-refractivity contribution in [3.8, 4) is 22.6 Å². The lowest BCUT2D eigenvalue weighted by Gasteiger charge is -2.18. The van der Waals surface area contributed by atoms with Crippen LogP contribution in [0.5, 0.6) is 11.5 Å².